The van der Waals surface area contributed by atoms with Gasteiger partial charge in [-0.2, -0.15) is 4.31 Å². The van der Waals surface area contributed by atoms with Gasteiger partial charge < -0.3 is 14.8 Å². The number of rotatable bonds is 8. The first-order chi connectivity index (χ1) is 15.2. The van der Waals surface area contributed by atoms with Crippen molar-refractivity contribution in [2.75, 3.05) is 32.9 Å². The van der Waals surface area contributed by atoms with Crippen LogP contribution in [0.15, 0.2) is 41.3 Å². The SMILES string of the molecule is Cc1cc(OCC(=O)NCc2ccc(S(=O)(=O)N3CCOCC3)cc2)c(C(C)C)cc1Cl. The van der Waals surface area contributed by atoms with Gasteiger partial charge in [0.25, 0.3) is 5.91 Å². The summed E-state index contributed by atoms with van der Waals surface area (Å²) in [6.07, 6.45) is 0. The molecule has 1 aliphatic rings. The molecule has 0 aromatic heterocycles. The normalized spacial score (nSPS) is 15.0. The van der Waals surface area contributed by atoms with Gasteiger partial charge in [-0.1, -0.05) is 37.6 Å². The summed E-state index contributed by atoms with van der Waals surface area (Å²) in [6.45, 7) is 7.63. The van der Waals surface area contributed by atoms with Crippen LogP contribution in [0.5, 0.6) is 5.75 Å². The third-order valence-corrected chi connectivity index (χ3v) is 7.61. The molecule has 1 saturated heterocycles. The van der Waals surface area contributed by atoms with Crippen LogP contribution in [0.2, 0.25) is 5.02 Å². The average Bonchev–Trinajstić information content (AvgIpc) is 2.78. The Hall–Kier alpha value is -2.13. The molecule has 2 aromatic carbocycles. The lowest BCUT2D eigenvalue weighted by molar-refractivity contribution is -0.123. The summed E-state index contributed by atoms with van der Waals surface area (Å²) in [5.41, 5.74) is 2.63. The van der Waals surface area contributed by atoms with Gasteiger partial charge in [0, 0.05) is 24.7 Å². The first-order valence-corrected chi connectivity index (χ1v) is 12.4. The highest BCUT2D eigenvalue weighted by Gasteiger charge is 2.26. The zero-order chi connectivity index (χ0) is 23.3. The molecule has 174 valence electrons. The molecule has 0 radical (unpaired) electrons. The van der Waals surface area contributed by atoms with Gasteiger partial charge >= 0.3 is 0 Å². The predicted octanol–water partition coefficient (Wildman–Crippen LogP) is 3.49. The van der Waals surface area contributed by atoms with E-state index in [0.29, 0.717) is 37.1 Å². The molecule has 1 fully saturated rings. The quantitative estimate of drug-likeness (QED) is 0.625. The standard InChI is InChI=1S/C23H29ClN2O5S/c1-16(2)20-13-21(24)17(3)12-22(20)31-15-23(27)25-14-18-4-6-19(7-5-18)32(28,29)26-8-10-30-11-9-26/h4-7,12-13,16H,8-11,14-15H2,1-3H3,(H,25,27). The van der Waals surface area contributed by atoms with E-state index < -0.39 is 10.0 Å². The topological polar surface area (TPSA) is 84.9 Å². The van der Waals surface area contributed by atoms with Crippen LogP contribution in [0.4, 0.5) is 0 Å². The summed E-state index contributed by atoms with van der Waals surface area (Å²) in [6, 6.07) is 10.3. The molecular formula is C23H29ClN2O5S. The molecule has 0 aliphatic carbocycles. The van der Waals surface area contributed by atoms with Crippen molar-refractivity contribution in [1.82, 2.24) is 9.62 Å². The molecule has 0 spiro atoms. The summed E-state index contributed by atoms with van der Waals surface area (Å²) in [5.74, 6) is 0.588. The molecule has 1 N–H and O–H groups in total. The Morgan fingerprint density at radius 2 is 1.84 bits per heavy atom. The van der Waals surface area contributed by atoms with Crippen molar-refractivity contribution in [1.29, 1.82) is 0 Å². The Labute approximate surface area is 194 Å². The number of ether oxygens (including phenoxy) is 2. The van der Waals surface area contributed by atoms with Crippen LogP contribution in [-0.2, 0) is 26.1 Å². The van der Waals surface area contributed by atoms with Crippen LogP contribution in [0, 0.1) is 6.92 Å². The molecule has 1 aliphatic heterocycles. The average molecular weight is 481 g/mol. The molecule has 0 atom stereocenters. The van der Waals surface area contributed by atoms with Crippen LogP contribution in [0.25, 0.3) is 0 Å². The van der Waals surface area contributed by atoms with Crippen LogP contribution in [-0.4, -0.2) is 51.5 Å². The Balaban J connectivity index is 1.55. The number of amides is 1. The zero-order valence-corrected chi connectivity index (χ0v) is 20.1. The van der Waals surface area contributed by atoms with Gasteiger partial charge in [-0.05, 0) is 53.8 Å². The molecular weight excluding hydrogens is 452 g/mol. The van der Waals surface area contributed by atoms with Crippen molar-refractivity contribution >= 4 is 27.5 Å². The largest absolute Gasteiger partial charge is 0.483 e. The summed E-state index contributed by atoms with van der Waals surface area (Å²) in [4.78, 5) is 12.5. The van der Waals surface area contributed by atoms with Crippen LogP contribution < -0.4 is 10.1 Å². The maximum absolute atomic E-state index is 12.7. The van der Waals surface area contributed by atoms with E-state index in [0.717, 1.165) is 16.7 Å². The van der Waals surface area contributed by atoms with Crippen molar-refractivity contribution in [3.05, 3.63) is 58.1 Å². The number of hydrogen-bond acceptors (Lipinski definition) is 5. The van der Waals surface area contributed by atoms with Crippen LogP contribution >= 0.6 is 11.6 Å². The molecule has 7 nitrogen and oxygen atoms in total. The monoisotopic (exact) mass is 480 g/mol. The number of hydrogen-bond donors (Lipinski definition) is 1. The summed E-state index contributed by atoms with van der Waals surface area (Å²) < 4.78 is 37.8. The van der Waals surface area contributed by atoms with E-state index in [-0.39, 0.29) is 29.9 Å². The van der Waals surface area contributed by atoms with Gasteiger partial charge in [0.05, 0.1) is 18.1 Å². The van der Waals surface area contributed by atoms with Crippen molar-refractivity contribution < 1.29 is 22.7 Å². The molecule has 0 bridgehead atoms. The van der Waals surface area contributed by atoms with Gasteiger partial charge in [0.1, 0.15) is 5.75 Å². The molecule has 2 aromatic rings. The van der Waals surface area contributed by atoms with E-state index in [4.69, 9.17) is 21.1 Å². The molecule has 1 amide bonds. The van der Waals surface area contributed by atoms with E-state index in [1.165, 1.54) is 4.31 Å². The minimum Gasteiger partial charge on any atom is -0.483 e. The van der Waals surface area contributed by atoms with Crippen LogP contribution in [0.1, 0.15) is 36.5 Å². The fourth-order valence-corrected chi connectivity index (χ4v) is 4.94. The lowest BCUT2D eigenvalue weighted by atomic mass is 10.0. The van der Waals surface area contributed by atoms with E-state index >= 15 is 0 Å². The van der Waals surface area contributed by atoms with Gasteiger partial charge in [-0.15, -0.1) is 0 Å². The van der Waals surface area contributed by atoms with E-state index in [1.54, 1.807) is 24.3 Å². The second-order valence-electron chi connectivity index (χ2n) is 8.02. The third kappa shape index (κ3) is 6.01. The Bertz CT molecular complexity index is 1050. The predicted molar refractivity (Wildman–Crippen MR) is 124 cm³/mol. The highest BCUT2D eigenvalue weighted by atomic mass is 35.5. The third-order valence-electron chi connectivity index (χ3n) is 5.29. The van der Waals surface area contributed by atoms with Gasteiger partial charge in [0.2, 0.25) is 10.0 Å². The van der Waals surface area contributed by atoms with Crippen molar-refractivity contribution in [2.24, 2.45) is 0 Å². The molecule has 3 rings (SSSR count). The molecule has 0 saturated carbocycles. The van der Waals surface area contributed by atoms with E-state index in [1.807, 2.05) is 32.9 Å². The Morgan fingerprint density at radius 3 is 2.47 bits per heavy atom. The van der Waals surface area contributed by atoms with Gasteiger partial charge in [-0.25, -0.2) is 8.42 Å². The first-order valence-electron chi connectivity index (χ1n) is 10.5. The van der Waals surface area contributed by atoms with Gasteiger partial charge in [0.15, 0.2) is 6.61 Å². The van der Waals surface area contributed by atoms with Crippen molar-refractivity contribution in [2.45, 2.75) is 38.1 Å². The molecule has 9 heteroatoms. The number of halogens is 1. The summed E-state index contributed by atoms with van der Waals surface area (Å²) in [5, 5.41) is 3.47. The Morgan fingerprint density at radius 1 is 1.19 bits per heavy atom. The molecule has 0 unspecified atom stereocenters. The van der Waals surface area contributed by atoms with Gasteiger partial charge in [-0.3, -0.25) is 4.79 Å². The minimum atomic E-state index is -3.53. The number of carbonyl (C=O) groups is 1. The number of nitrogens with zero attached hydrogens (tertiary/aromatic N) is 1. The van der Waals surface area contributed by atoms with Crippen molar-refractivity contribution in [3.63, 3.8) is 0 Å². The van der Waals surface area contributed by atoms with E-state index in [2.05, 4.69) is 5.32 Å². The second kappa shape index (κ2) is 10.7. The molecule has 1 heterocycles. The second-order valence-corrected chi connectivity index (χ2v) is 10.4. The number of carbonyl (C=O) groups excluding carboxylic acids is 1. The molecule has 32 heavy (non-hydrogen) atoms. The highest BCUT2D eigenvalue weighted by Crippen LogP contribution is 2.32. The minimum absolute atomic E-state index is 0.121. The zero-order valence-electron chi connectivity index (χ0n) is 18.6. The smallest absolute Gasteiger partial charge is 0.258 e. The lowest BCUT2D eigenvalue weighted by Gasteiger charge is -2.26. The number of sulfonamides is 1. The Kier molecular flexibility index (Phi) is 8.16. The first kappa shape index (κ1) is 24.5. The summed E-state index contributed by atoms with van der Waals surface area (Å²) >= 11 is 6.21. The number of benzene rings is 2. The highest BCUT2D eigenvalue weighted by molar-refractivity contribution is 7.89. The van der Waals surface area contributed by atoms with Crippen molar-refractivity contribution in [3.8, 4) is 5.75 Å². The maximum atomic E-state index is 12.7. The number of nitrogens with one attached hydrogen (secondary N) is 1. The lowest BCUT2D eigenvalue weighted by Crippen LogP contribution is -2.40. The van der Waals surface area contributed by atoms with Crippen LogP contribution in [0.3, 0.4) is 0 Å². The number of morpholine rings is 1. The fraction of sp³-hybridized carbons (Fsp3) is 0.435. The summed E-state index contributed by atoms with van der Waals surface area (Å²) in [7, 11) is -3.53. The number of aryl methyl sites for hydroxylation is 1. The maximum Gasteiger partial charge on any atom is 0.258 e. The van der Waals surface area contributed by atoms with E-state index in [9.17, 15) is 13.2 Å². The fourth-order valence-electron chi connectivity index (χ4n) is 3.36.